The molecule has 1 aliphatic carbocycles. The van der Waals surface area contributed by atoms with Crippen LogP contribution in [-0.2, 0) is 10.0 Å². The molecule has 20 heavy (non-hydrogen) atoms. The standard InChI is InChI=1S/C14H23N3O2S/c1-3-16-12-9-14(11-15-10-12)20(18,19)17(2)13-7-5-4-6-8-13/h9-11,13,16H,3-8H2,1-2H3. The van der Waals surface area contributed by atoms with Crippen LogP contribution in [0.2, 0.25) is 0 Å². The fourth-order valence-corrected chi connectivity index (χ4v) is 4.07. The summed E-state index contributed by atoms with van der Waals surface area (Å²) in [6.45, 7) is 2.71. The number of nitrogens with one attached hydrogen (secondary N) is 1. The van der Waals surface area contributed by atoms with Crippen molar-refractivity contribution >= 4 is 15.7 Å². The number of hydrogen-bond acceptors (Lipinski definition) is 4. The largest absolute Gasteiger partial charge is 0.384 e. The van der Waals surface area contributed by atoms with E-state index in [-0.39, 0.29) is 10.9 Å². The molecule has 0 spiro atoms. The summed E-state index contributed by atoms with van der Waals surface area (Å²) in [5.74, 6) is 0. The Morgan fingerprint density at radius 1 is 1.30 bits per heavy atom. The quantitative estimate of drug-likeness (QED) is 0.907. The monoisotopic (exact) mass is 297 g/mol. The van der Waals surface area contributed by atoms with E-state index in [1.54, 1.807) is 19.3 Å². The highest BCUT2D eigenvalue weighted by Crippen LogP contribution is 2.26. The minimum atomic E-state index is -3.45. The van der Waals surface area contributed by atoms with Crippen LogP contribution in [0.15, 0.2) is 23.4 Å². The van der Waals surface area contributed by atoms with Gasteiger partial charge < -0.3 is 5.32 Å². The molecule has 0 bridgehead atoms. The number of rotatable bonds is 5. The minimum absolute atomic E-state index is 0.122. The van der Waals surface area contributed by atoms with Crippen molar-refractivity contribution in [1.82, 2.24) is 9.29 Å². The maximum atomic E-state index is 12.6. The highest BCUT2D eigenvalue weighted by Gasteiger charge is 2.29. The lowest BCUT2D eigenvalue weighted by Gasteiger charge is -2.30. The summed E-state index contributed by atoms with van der Waals surface area (Å²) in [5, 5.41) is 3.09. The second-order valence-electron chi connectivity index (χ2n) is 5.25. The second kappa shape index (κ2) is 6.54. The highest BCUT2D eigenvalue weighted by molar-refractivity contribution is 7.89. The number of hydrogen-bond donors (Lipinski definition) is 1. The third-order valence-electron chi connectivity index (χ3n) is 3.86. The third kappa shape index (κ3) is 3.30. The Bertz CT molecular complexity index is 539. The van der Waals surface area contributed by atoms with Crippen LogP contribution in [0.3, 0.4) is 0 Å². The van der Waals surface area contributed by atoms with Gasteiger partial charge in [-0.05, 0) is 25.8 Å². The molecule has 0 amide bonds. The minimum Gasteiger partial charge on any atom is -0.384 e. The lowest BCUT2D eigenvalue weighted by molar-refractivity contribution is 0.286. The van der Waals surface area contributed by atoms with Crippen LogP contribution in [0, 0.1) is 0 Å². The van der Waals surface area contributed by atoms with Crippen LogP contribution in [0.4, 0.5) is 5.69 Å². The smallest absolute Gasteiger partial charge is 0.244 e. The molecule has 1 N–H and O–H groups in total. The molecule has 0 atom stereocenters. The second-order valence-corrected chi connectivity index (χ2v) is 7.25. The first-order chi connectivity index (χ1) is 9.55. The van der Waals surface area contributed by atoms with E-state index in [1.807, 2.05) is 6.92 Å². The van der Waals surface area contributed by atoms with Crippen LogP contribution in [0.5, 0.6) is 0 Å². The van der Waals surface area contributed by atoms with E-state index in [2.05, 4.69) is 10.3 Å². The molecule has 0 aliphatic heterocycles. The van der Waals surface area contributed by atoms with Gasteiger partial charge in [-0.2, -0.15) is 4.31 Å². The predicted octanol–water partition coefficient (Wildman–Crippen LogP) is 2.47. The van der Waals surface area contributed by atoms with Gasteiger partial charge in [0.2, 0.25) is 10.0 Å². The third-order valence-corrected chi connectivity index (χ3v) is 5.74. The van der Waals surface area contributed by atoms with E-state index in [1.165, 1.54) is 16.9 Å². The Hall–Kier alpha value is -1.14. The van der Waals surface area contributed by atoms with Crippen LogP contribution in [0.1, 0.15) is 39.0 Å². The number of nitrogens with zero attached hydrogens (tertiary/aromatic N) is 2. The van der Waals surface area contributed by atoms with Crippen molar-refractivity contribution in [2.45, 2.75) is 50.0 Å². The topological polar surface area (TPSA) is 62.3 Å². The first kappa shape index (κ1) is 15.3. The Morgan fingerprint density at radius 3 is 2.65 bits per heavy atom. The molecule has 112 valence electrons. The number of aromatic nitrogens is 1. The first-order valence-electron chi connectivity index (χ1n) is 7.22. The van der Waals surface area contributed by atoms with Crippen LogP contribution < -0.4 is 5.32 Å². The Morgan fingerprint density at radius 2 is 2.00 bits per heavy atom. The Balaban J connectivity index is 2.22. The van der Waals surface area contributed by atoms with E-state index in [0.29, 0.717) is 0 Å². The lowest BCUT2D eigenvalue weighted by atomic mass is 9.96. The normalized spacial score (nSPS) is 17.4. The van der Waals surface area contributed by atoms with Crippen molar-refractivity contribution in [3.63, 3.8) is 0 Å². The molecule has 1 fully saturated rings. The van der Waals surface area contributed by atoms with E-state index < -0.39 is 10.0 Å². The fraction of sp³-hybridized carbons (Fsp3) is 0.643. The molecule has 1 saturated carbocycles. The van der Waals surface area contributed by atoms with Gasteiger partial charge in [0.25, 0.3) is 0 Å². The summed E-state index contributed by atoms with van der Waals surface area (Å²) in [4.78, 5) is 4.30. The molecule has 5 nitrogen and oxygen atoms in total. The zero-order chi connectivity index (χ0) is 14.6. The Labute approximate surface area is 121 Å². The van der Waals surface area contributed by atoms with Crippen LogP contribution in [-0.4, -0.2) is 37.3 Å². The summed E-state index contributed by atoms with van der Waals surface area (Å²) in [5.41, 5.74) is 0.741. The number of pyridine rings is 1. The summed E-state index contributed by atoms with van der Waals surface area (Å²) >= 11 is 0. The molecular weight excluding hydrogens is 274 g/mol. The van der Waals surface area contributed by atoms with Gasteiger partial charge in [0.15, 0.2) is 0 Å². The Kier molecular flexibility index (Phi) is 4.99. The molecule has 0 radical (unpaired) electrons. The van der Waals surface area contributed by atoms with Crippen molar-refractivity contribution < 1.29 is 8.42 Å². The van der Waals surface area contributed by atoms with Gasteiger partial charge in [-0.1, -0.05) is 19.3 Å². The van der Waals surface area contributed by atoms with Crippen molar-refractivity contribution in [2.75, 3.05) is 18.9 Å². The summed E-state index contributed by atoms with van der Waals surface area (Å²) in [6, 6.07) is 1.78. The molecule has 1 aromatic heterocycles. The van der Waals surface area contributed by atoms with Crippen molar-refractivity contribution in [1.29, 1.82) is 0 Å². The molecule has 0 aromatic carbocycles. The predicted molar refractivity (Wildman–Crippen MR) is 80.2 cm³/mol. The van der Waals surface area contributed by atoms with Gasteiger partial charge in [-0.25, -0.2) is 8.42 Å². The maximum absolute atomic E-state index is 12.6. The van der Waals surface area contributed by atoms with Crippen molar-refractivity contribution in [2.24, 2.45) is 0 Å². The van der Waals surface area contributed by atoms with Crippen molar-refractivity contribution in [3.8, 4) is 0 Å². The zero-order valence-corrected chi connectivity index (χ0v) is 13.0. The fourth-order valence-electron chi connectivity index (χ4n) is 2.67. The van der Waals surface area contributed by atoms with E-state index in [9.17, 15) is 8.42 Å². The SMILES string of the molecule is CCNc1cncc(S(=O)(=O)N(C)C2CCCCC2)c1. The molecule has 6 heteroatoms. The van der Waals surface area contributed by atoms with Gasteiger partial charge in [0.1, 0.15) is 4.90 Å². The summed E-state index contributed by atoms with van der Waals surface area (Å²) in [6.07, 6.45) is 8.41. The summed E-state index contributed by atoms with van der Waals surface area (Å²) < 4.78 is 26.8. The number of anilines is 1. The first-order valence-corrected chi connectivity index (χ1v) is 8.66. The van der Waals surface area contributed by atoms with Gasteiger partial charge in [0, 0.05) is 25.8 Å². The molecule has 2 rings (SSSR count). The lowest BCUT2D eigenvalue weighted by Crippen LogP contribution is -2.38. The molecule has 0 unspecified atom stereocenters. The average Bonchev–Trinajstić information content (AvgIpc) is 2.48. The molecule has 1 aromatic rings. The molecule has 0 saturated heterocycles. The number of sulfonamides is 1. The van der Waals surface area contributed by atoms with Crippen LogP contribution in [0.25, 0.3) is 0 Å². The average molecular weight is 297 g/mol. The van der Waals surface area contributed by atoms with Gasteiger partial charge in [-0.3, -0.25) is 4.98 Å². The van der Waals surface area contributed by atoms with E-state index >= 15 is 0 Å². The zero-order valence-electron chi connectivity index (χ0n) is 12.2. The van der Waals surface area contributed by atoms with Gasteiger partial charge in [-0.15, -0.1) is 0 Å². The van der Waals surface area contributed by atoms with Crippen molar-refractivity contribution in [3.05, 3.63) is 18.5 Å². The summed E-state index contributed by atoms with van der Waals surface area (Å²) in [7, 11) is -1.76. The maximum Gasteiger partial charge on any atom is 0.244 e. The van der Waals surface area contributed by atoms with Gasteiger partial charge >= 0.3 is 0 Å². The van der Waals surface area contributed by atoms with E-state index in [4.69, 9.17) is 0 Å². The van der Waals surface area contributed by atoms with Gasteiger partial charge in [0.05, 0.1) is 11.9 Å². The highest BCUT2D eigenvalue weighted by atomic mass is 32.2. The molecule has 1 aliphatic rings. The van der Waals surface area contributed by atoms with Crippen LogP contribution >= 0.6 is 0 Å². The van der Waals surface area contributed by atoms with E-state index in [0.717, 1.165) is 37.9 Å². The molecule has 1 heterocycles. The molecular formula is C14H23N3O2S.